The number of carbonyl (C=O) groups is 1. The zero-order valence-electron chi connectivity index (χ0n) is 16.8. The number of anilines is 1. The van der Waals surface area contributed by atoms with Crippen LogP contribution in [0.3, 0.4) is 0 Å². The molecule has 138 valence electrons. The minimum absolute atomic E-state index is 0.0233. The summed E-state index contributed by atoms with van der Waals surface area (Å²) in [5.74, 6) is 0.821. The Morgan fingerprint density at radius 3 is 2.50 bits per heavy atom. The van der Waals surface area contributed by atoms with E-state index in [4.69, 9.17) is 4.99 Å². The number of para-hydroxylation sites is 1. The molecular formula is C23H30N2O. The monoisotopic (exact) mass is 350 g/mol. The van der Waals surface area contributed by atoms with Crippen LogP contribution >= 0.6 is 0 Å². The average molecular weight is 351 g/mol. The number of benzene rings is 1. The van der Waals surface area contributed by atoms with Gasteiger partial charge in [-0.1, -0.05) is 52.0 Å². The second kappa shape index (κ2) is 5.55. The number of allylic oxidation sites excluding steroid dienone is 1. The van der Waals surface area contributed by atoms with E-state index in [1.54, 1.807) is 0 Å². The highest BCUT2D eigenvalue weighted by Crippen LogP contribution is 2.55. The smallest absolute Gasteiger partial charge is 0.164 e. The summed E-state index contributed by atoms with van der Waals surface area (Å²) in [5, 5.41) is 3.77. The van der Waals surface area contributed by atoms with Gasteiger partial charge in [-0.2, -0.15) is 0 Å². The zero-order valence-corrected chi connectivity index (χ0v) is 16.8. The molecule has 0 saturated carbocycles. The van der Waals surface area contributed by atoms with Crippen molar-refractivity contribution in [3.63, 3.8) is 0 Å². The summed E-state index contributed by atoms with van der Waals surface area (Å²) in [7, 11) is 0. The summed E-state index contributed by atoms with van der Waals surface area (Å²) < 4.78 is 0. The third-order valence-electron chi connectivity index (χ3n) is 6.33. The van der Waals surface area contributed by atoms with Crippen LogP contribution in [0.5, 0.6) is 0 Å². The Bertz CT molecular complexity index is 830. The Morgan fingerprint density at radius 2 is 1.85 bits per heavy atom. The SMILES string of the molecule is CC(C)C1=C[C@]23CC(C)(C)N=C2c2ccccc2N[C@@H]3[C@@H](C(C)C)C1=O. The van der Waals surface area contributed by atoms with Crippen LogP contribution in [0.25, 0.3) is 0 Å². The van der Waals surface area contributed by atoms with E-state index in [2.05, 4.69) is 77.2 Å². The van der Waals surface area contributed by atoms with Crippen LogP contribution < -0.4 is 5.32 Å². The predicted octanol–water partition coefficient (Wildman–Crippen LogP) is 4.88. The Labute approximate surface area is 157 Å². The standard InChI is InChI=1S/C23H30N2O/c1-13(2)16-11-23-12-22(5,6)25-20(23)15-9-7-8-10-17(15)24-21(23)18(14(3)4)19(16)26/h7-11,13-14,18,21,24H,12H2,1-6H3/t18-,21+,23-/m0/s1. The first-order valence-corrected chi connectivity index (χ1v) is 9.89. The average Bonchev–Trinajstić information content (AvgIpc) is 2.83. The molecule has 1 aromatic carbocycles. The first-order valence-electron chi connectivity index (χ1n) is 9.89. The molecule has 3 nitrogen and oxygen atoms in total. The fraction of sp³-hybridized carbons (Fsp3) is 0.565. The third-order valence-corrected chi connectivity index (χ3v) is 6.33. The van der Waals surface area contributed by atoms with Crippen molar-refractivity contribution in [1.29, 1.82) is 0 Å². The summed E-state index contributed by atoms with van der Waals surface area (Å²) in [6, 6.07) is 8.52. The van der Waals surface area contributed by atoms with E-state index < -0.39 is 0 Å². The lowest BCUT2D eigenvalue weighted by molar-refractivity contribution is -0.123. The fourth-order valence-electron chi connectivity index (χ4n) is 5.38. The molecule has 0 aromatic heterocycles. The molecule has 1 spiro atoms. The van der Waals surface area contributed by atoms with Gasteiger partial charge < -0.3 is 5.32 Å². The van der Waals surface area contributed by atoms with Gasteiger partial charge in [0.05, 0.1) is 22.7 Å². The van der Waals surface area contributed by atoms with Crippen LogP contribution in [0.2, 0.25) is 0 Å². The van der Waals surface area contributed by atoms with Crippen LogP contribution in [0.15, 0.2) is 40.9 Å². The predicted molar refractivity (Wildman–Crippen MR) is 108 cm³/mol. The van der Waals surface area contributed by atoms with E-state index in [0.29, 0.717) is 5.78 Å². The van der Waals surface area contributed by atoms with Crippen LogP contribution in [0.4, 0.5) is 5.69 Å². The lowest BCUT2D eigenvalue weighted by atomic mass is 9.57. The highest BCUT2D eigenvalue weighted by molar-refractivity contribution is 6.16. The van der Waals surface area contributed by atoms with E-state index >= 15 is 0 Å². The molecular weight excluding hydrogens is 320 g/mol. The molecule has 1 aliphatic carbocycles. The Kier molecular flexibility index (Phi) is 3.74. The van der Waals surface area contributed by atoms with E-state index in [1.165, 1.54) is 11.3 Å². The first kappa shape index (κ1) is 17.5. The number of carbonyl (C=O) groups excluding carboxylic acids is 1. The van der Waals surface area contributed by atoms with Gasteiger partial charge in [0.25, 0.3) is 0 Å². The van der Waals surface area contributed by atoms with E-state index in [-0.39, 0.29) is 34.7 Å². The summed E-state index contributed by atoms with van der Waals surface area (Å²) in [4.78, 5) is 18.6. The largest absolute Gasteiger partial charge is 0.380 e. The van der Waals surface area contributed by atoms with E-state index in [1.807, 2.05) is 0 Å². The van der Waals surface area contributed by atoms with Crippen LogP contribution in [-0.2, 0) is 4.79 Å². The van der Waals surface area contributed by atoms with Crippen molar-refractivity contribution in [2.45, 2.75) is 59.5 Å². The van der Waals surface area contributed by atoms with Gasteiger partial charge in [0, 0.05) is 17.2 Å². The lowest BCUT2D eigenvalue weighted by Gasteiger charge is -2.50. The van der Waals surface area contributed by atoms with Crippen LogP contribution in [-0.4, -0.2) is 23.1 Å². The first-order chi connectivity index (χ1) is 12.2. The van der Waals surface area contributed by atoms with Gasteiger partial charge >= 0.3 is 0 Å². The number of nitrogens with one attached hydrogen (secondary N) is 1. The normalized spacial score (nSPS) is 31.8. The molecule has 0 bridgehead atoms. The highest BCUT2D eigenvalue weighted by atomic mass is 16.1. The Balaban J connectivity index is 2.01. The van der Waals surface area contributed by atoms with Crippen molar-refractivity contribution >= 4 is 17.2 Å². The summed E-state index contributed by atoms with van der Waals surface area (Å²) in [6.45, 7) is 13.1. The second-order valence-electron chi connectivity index (χ2n) is 9.55. The second-order valence-corrected chi connectivity index (χ2v) is 9.55. The van der Waals surface area contributed by atoms with Gasteiger partial charge in [0.15, 0.2) is 5.78 Å². The highest BCUT2D eigenvalue weighted by Gasteiger charge is 2.59. The number of Topliss-reactive ketones (excluding diaryl/α,β-unsaturated/α-hetero) is 1. The molecule has 1 N–H and O–H groups in total. The molecule has 0 unspecified atom stereocenters. The molecule has 26 heavy (non-hydrogen) atoms. The van der Waals surface area contributed by atoms with Crippen molar-refractivity contribution in [3.8, 4) is 0 Å². The minimum Gasteiger partial charge on any atom is -0.380 e. The van der Waals surface area contributed by atoms with Crippen LogP contribution in [0, 0.1) is 23.2 Å². The number of aliphatic imine (C=N–C) groups is 1. The molecule has 2 heterocycles. The topological polar surface area (TPSA) is 41.5 Å². The quantitative estimate of drug-likeness (QED) is 0.826. The molecule has 2 aliphatic heterocycles. The van der Waals surface area contributed by atoms with Gasteiger partial charge in [-0.25, -0.2) is 0 Å². The molecule has 0 amide bonds. The van der Waals surface area contributed by atoms with Crippen molar-refractivity contribution in [2.75, 3.05) is 5.32 Å². The lowest BCUT2D eigenvalue weighted by Crippen LogP contribution is -2.58. The fourth-order valence-corrected chi connectivity index (χ4v) is 5.38. The van der Waals surface area contributed by atoms with E-state index in [0.717, 1.165) is 17.7 Å². The van der Waals surface area contributed by atoms with E-state index in [9.17, 15) is 4.79 Å². The molecule has 0 saturated heterocycles. The third kappa shape index (κ3) is 2.32. The van der Waals surface area contributed by atoms with Crippen LogP contribution in [0.1, 0.15) is 53.5 Å². The summed E-state index contributed by atoms with van der Waals surface area (Å²) in [6.07, 6.45) is 3.24. The minimum atomic E-state index is -0.194. The maximum absolute atomic E-state index is 13.4. The van der Waals surface area contributed by atoms with Gasteiger partial charge in [-0.3, -0.25) is 9.79 Å². The molecule has 0 fully saturated rings. The maximum atomic E-state index is 13.4. The maximum Gasteiger partial charge on any atom is 0.164 e. The molecule has 3 atom stereocenters. The van der Waals surface area contributed by atoms with Crippen molar-refractivity contribution < 1.29 is 4.79 Å². The van der Waals surface area contributed by atoms with Crippen molar-refractivity contribution in [2.24, 2.45) is 28.2 Å². The number of fused-ring (bicyclic) bond motifs is 2. The number of nitrogens with zero attached hydrogens (tertiary/aromatic N) is 1. The van der Waals surface area contributed by atoms with Gasteiger partial charge in [-0.05, 0) is 43.7 Å². The Hall–Kier alpha value is -1.90. The Morgan fingerprint density at radius 1 is 1.15 bits per heavy atom. The number of ketones is 1. The zero-order chi connectivity index (χ0) is 18.9. The molecule has 4 rings (SSSR count). The summed E-state index contributed by atoms with van der Waals surface area (Å²) >= 11 is 0. The van der Waals surface area contributed by atoms with Gasteiger partial charge in [0.1, 0.15) is 0 Å². The van der Waals surface area contributed by atoms with Gasteiger partial charge in [-0.15, -0.1) is 0 Å². The molecule has 3 heteroatoms. The molecule has 1 aromatic rings. The number of hydrogen-bond donors (Lipinski definition) is 1. The van der Waals surface area contributed by atoms with Crippen molar-refractivity contribution in [1.82, 2.24) is 0 Å². The number of rotatable bonds is 2. The van der Waals surface area contributed by atoms with Crippen molar-refractivity contribution in [3.05, 3.63) is 41.5 Å². The molecule has 0 radical (unpaired) electrons. The molecule has 3 aliphatic rings. The number of hydrogen-bond acceptors (Lipinski definition) is 3. The summed E-state index contributed by atoms with van der Waals surface area (Å²) in [5.41, 5.74) is 4.17. The van der Waals surface area contributed by atoms with Gasteiger partial charge in [0.2, 0.25) is 0 Å².